The lowest BCUT2D eigenvalue weighted by atomic mass is 9.68. The molecule has 0 unspecified atom stereocenters. The van der Waals surface area contributed by atoms with Gasteiger partial charge in [0.05, 0.1) is 23.0 Å². The number of nitrogens with one attached hydrogen (secondary N) is 1. The van der Waals surface area contributed by atoms with Crippen LogP contribution < -0.4 is 10.1 Å². The monoisotopic (exact) mass is 468 g/mol. The number of rotatable bonds is 9. The molecule has 1 atom stereocenters. The Labute approximate surface area is 199 Å². The molecule has 1 saturated carbocycles. The number of nitrogens with zero attached hydrogens (tertiary/aromatic N) is 1. The second kappa shape index (κ2) is 11.1. The van der Waals surface area contributed by atoms with Gasteiger partial charge < -0.3 is 14.8 Å². The molecule has 182 valence electrons. The molecule has 0 bridgehead atoms. The number of nitro benzene ring substituents is 1. The van der Waals surface area contributed by atoms with Crippen LogP contribution in [0.15, 0.2) is 42.5 Å². The molecule has 1 aliphatic carbocycles. The normalized spacial score (nSPS) is 15.7. The molecule has 1 fully saturated rings. The molecule has 0 spiro atoms. The lowest BCUT2D eigenvalue weighted by Crippen LogP contribution is -2.42. The van der Waals surface area contributed by atoms with Gasteiger partial charge in [-0.25, -0.2) is 4.79 Å². The van der Waals surface area contributed by atoms with Crippen molar-refractivity contribution in [2.75, 3.05) is 11.9 Å². The molecule has 3 rings (SSSR count). The number of benzene rings is 2. The first-order valence-corrected chi connectivity index (χ1v) is 11.8. The van der Waals surface area contributed by atoms with Gasteiger partial charge in [0.15, 0.2) is 0 Å². The predicted octanol–water partition coefficient (Wildman–Crippen LogP) is 5.79. The third-order valence-electron chi connectivity index (χ3n) is 6.41. The first kappa shape index (κ1) is 25.2. The van der Waals surface area contributed by atoms with Gasteiger partial charge >= 0.3 is 5.97 Å². The Morgan fingerprint density at radius 3 is 2.35 bits per heavy atom. The van der Waals surface area contributed by atoms with Crippen LogP contribution in [0.25, 0.3) is 0 Å². The van der Waals surface area contributed by atoms with Gasteiger partial charge in [0.1, 0.15) is 11.3 Å². The first-order valence-electron chi connectivity index (χ1n) is 11.8. The van der Waals surface area contributed by atoms with E-state index in [1.807, 2.05) is 13.8 Å². The number of non-ortho nitro benzene ring substituents is 1. The zero-order valence-corrected chi connectivity index (χ0v) is 20.0. The summed E-state index contributed by atoms with van der Waals surface area (Å²) in [6.07, 6.45) is 4.81. The van der Waals surface area contributed by atoms with E-state index in [9.17, 15) is 19.7 Å². The van der Waals surface area contributed by atoms with Gasteiger partial charge in [-0.2, -0.15) is 0 Å². The standard InChI is InChI=1S/C26H32N2O6/c1-4-18(3)34-23-14-11-20(17-22(23)24(29)33-5-2)27-25(30)26(15-7-6-8-16-26)19-9-12-21(13-10-19)28(31)32/h9-14,17-18H,4-8,15-16H2,1-3H3,(H,27,30)/t18-/m1/s1. The number of esters is 1. The summed E-state index contributed by atoms with van der Waals surface area (Å²) in [5, 5.41) is 14.1. The first-order chi connectivity index (χ1) is 16.3. The van der Waals surface area contributed by atoms with Crippen LogP contribution in [-0.2, 0) is 14.9 Å². The van der Waals surface area contributed by atoms with Crippen LogP contribution in [0, 0.1) is 10.1 Å². The highest BCUT2D eigenvalue weighted by Crippen LogP contribution is 2.41. The highest BCUT2D eigenvalue weighted by Gasteiger charge is 2.41. The van der Waals surface area contributed by atoms with Gasteiger partial charge in [0.2, 0.25) is 5.91 Å². The molecule has 1 amide bonds. The predicted molar refractivity (Wildman–Crippen MR) is 129 cm³/mol. The van der Waals surface area contributed by atoms with E-state index in [0.717, 1.165) is 31.2 Å². The second-order valence-electron chi connectivity index (χ2n) is 8.67. The van der Waals surface area contributed by atoms with E-state index in [4.69, 9.17) is 9.47 Å². The van der Waals surface area contributed by atoms with Crippen molar-refractivity contribution < 1.29 is 24.0 Å². The van der Waals surface area contributed by atoms with Crippen molar-refractivity contribution in [1.82, 2.24) is 0 Å². The minimum absolute atomic E-state index is 0.00825. The number of carbonyl (C=O) groups is 2. The zero-order chi connectivity index (χ0) is 24.7. The van der Waals surface area contributed by atoms with Crippen LogP contribution in [0.3, 0.4) is 0 Å². The van der Waals surface area contributed by atoms with E-state index >= 15 is 0 Å². The van der Waals surface area contributed by atoms with Gasteiger partial charge in [-0.3, -0.25) is 14.9 Å². The van der Waals surface area contributed by atoms with Gasteiger partial charge in [0.25, 0.3) is 5.69 Å². The SMILES string of the molecule is CCOC(=O)c1cc(NC(=O)C2(c3ccc([N+](=O)[O-])cc3)CCCCC2)ccc1O[C@H](C)CC. The van der Waals surface area contributed by atoms with Crippen LogP contribution in [-0.4, -0.2) is 29.5 Å². The smallest absolute Gasteiger partial charge is 0.341 e. The molecule has 34 heavy (non-hydrogen) atoms. The zero-order valence-electron chi connectivity index (χ0n) is 20.0. The summed E-state index contributed by atoms with van der Waals surface area (Å²) < 4.78 is 11.1. The minimum atomic E-state index is -0.788. The van der Waals surface area contributed by atoms with Crippen molar-refractivity contribution in [2.45, 2.75) is 70.8 Å². The number of nitro groups is 1. The fourth-order valence-electron chi connectivity index (χ4n) is 4.33. The van der Waals surface area contributed by atoms with Crippen molar-refractivity contribution in [3.8, 4) is 5.75 Å². The van der Waals surface area contributed by atoms with Gasteiger partial charge in [0, 0.05) is 17.8 Å². The molecule has 0 heterocycles. The van der Waals surface area contributed by atoms with Crippen LogP contribution in [0.4, 0.5) is 11.4 Å². The molecule has 1 N–H and O–H groups in total. The summed E-state index contributed by atoms with van der Waals surface area (Å²) >= 11 is 0. The molecule has 0 aromatic heterocycles. The van der Waals surface area contributed by atoms with E-state index in [1.165, 1.54) is 12.1 Å². The van der Waals surface area contributed by atoms with E-state index < -0.39 is 16.3 Å². The molecular weight excluding hydrogens is 436 g/mol. The Morgan fingerprint density at radius 1 is 1.09 bits per heavy atom. The highest BCUT2D eigenvalue weighted by atomic mass is 16.6. The van der Waals surface area contributed by atoms with Crippen molar-refractivity contribution in [1.29, 1.82) is 0 Å². The average molecular weight is 469 g/mol. The largest absolute Gasteiger partial charge is 0.490 e. The number of hydrogen-bond acceptors (Lipinski definition) is 6. The third kappa shape index (κ3) is 5.55. The van der Waals surface area contributed by atoms with Crippen molar-refractivity contribution in [3.05, 3.63) is 63.7 Å². The van der Waals surface area contributed by atoms with E-state index in [0.29, 0.717) is 24.3 Å². The molecule has 8 heteroatoms. The molecule has 2 aromatic carbocycles. The fraction of sp³-hybridized carbons (Fsp3) is 0.462. The van der Waals surface area contributed by atoms with Gasteiger partial charge in [-0.1, -0.05) is 38.3 Å². The second-order valence-corrected chi connectivity index (χ2v) is 8.67. The lowest BCUT2D eigenvalue weighted by molar-refractivity contribution is -0.384. The maximum absolute atomic E-state index is 13.6. The van der Waals surface area contributed by atoms with Crippen LogP contribution >= 0.6 is 0 Å². The Kier molecular flexibility index (Phi) is 8.26. The van der Waals surface area contributed by atoms with Crippen molar-refractivity contribution in [2.24, 2.45) is 0 Å². The summed E-state index contributed by atoms with van der Waals surface area (Å²) in [4.78, 5) is 36.8. The van der Waals surface area contributed by atoms with Crippen LogP contribution in [0.1, 0.15) is 75.2 Å². The van der Waals surface area contributed by atoms with Gasteiger partial charge in [-0.15, -0.1) is 0 Å². The van der Waals surface area contributed by atoms with Crippen molar-refractivity contribution in [3.63, 3.8) is 0 Å². The number of amides is 1. The quantitative estimate of drug-likeness (QED) is 0.283. The highest BCUT2D eigenvalue weighted by molar-refractivity contribution is 6.01. The maximum atomic E-state index is 13.6. The Balaban J connectivity index is 1.92. The molecular formula is C26H32N2O6. The van der Waals surface area contributed by atoms with Crippen molar-refractivity contribution >= 4 is 23.3 Å². The third-order valence-corrected chi connectivity index (χ3v) is 6.41. The topological polar surface area (TPSA) is 108 Å². The Hall–Kier alpha value is -3.42. The van der Waals surface area contributed by atoms with E-state index in [1.54, 1.807) is 37.3 Å². The summed E-state index contributed by atoms with van der Waals surface area (Å²) in [5.41, 5.74) is 0.691. The summed E-state index contributed by atoms with van der Waals surface area (Å²) in [5.74, 6) is -0.292. The molecule has 1 aliphatic rings. The summed E-state index contributed by atoms with van der Waals surface area (Å²) in [6, 6.07) is 11.2. The Bertz CT molecular complexity index is 1030. The molecule has 0 radical (unpaired) electrons. The van der Waals surface area contributed by atoms with E-state index in [-0.39, 0.29) is 29.9 Å². The number of ether oxygens (including phenoxy) is 2. The number of hydrogen-bond donors (Lipinski definition) is 1. The summed E-state index contributed by atoms with van der Waals surface area (Å²) in [6.45, 7) is 5.87. The average Bonchev–Trinajstić information content (AvgIpc) is 2.85. The number of carbonyl (C=O) groups excluding carboxylic acids is 2. The fourth-order valence-corrected chi connectivity index (χ4v) is 4.33. The summed E-state index contributed by atoms with van der Waals surface area (Å²) in [7, 11) is 0. The molecule has 8 nitrogen and oxygen atoms in total. The van der Waals surface area contributed by atoms with E-state index in [2.05, 4.69) is 5.32 Å². The lowest BCUT2D eigenvalue weighted by Gasteiger charge is -2.36. The number of anilines is 1. The molecule has 0 aliphatic heterocycles. The van der Waals surface area contributed by atoms with Crippen LogP contribution in [0.5, 0.6) is 5.75 Å². The van der Waals surface area contributed by atoms with Gasteiger partial charge in [-0.05, 0) is 56.9 Å². The Morgan fingerprint density at radius 2 is 1.76 bits per heavy atom. The molecule has 2 aromatic rings. The molecule has 0 saturated heterocycles. The van der Waals surface area contributed by atoms with Crippen LogP contribution in [0.2, 0.25) is 0 Å². The maximum Gasteiger partial charge on any atom is 0.341 e. The minimum Gasteiger partial charge on any atom is -0.490 e.